The normalized spacial score (nSPS) is 20.5. The number of nitrogens with zero attached hydrogens (tertiary/aromatic N) is 2. The standard InChI is InChI=1S/C16H21N3O.ClH/c1-12-6-5-9-19(14(10-12)11-17)16(20)15(18)13-7-3-2-4-8-13;/h5-6,9-10,13,15H,2-4,7-8,18H2,1H3;1H. The van der Waals surface area contributed by atoms with Gasteiger partial charge in [-0.25, -0.2) is 0 Å². The first kappa shape index (κ1) is 17.5. The number of halogens is 1. The minimum atomic E-state index is -0.518. The van der Waals surface area contributed by atoms with Crippen molar-refractivity contribution in [2.24, 2.45) is 11.7 Å². The van der Waals surface area contributed by atoms with Crippen molar-refractivity contribution in [3.63, 3.8) is 0 Å². The Morgan fingerprint density at radius 2 is 2.10 bits per heavy atom. The minimum Gasteiger partial charge on any atom is -0.320 e. The van der Waals surface area contributed by atoms with Crippen LogP contribution in [-0.2, 0) is 4.79 Å². The fourth-order valence-electron chi connectivity index (χ4n) is 2.83. The fraction of sp³-hybridized carbons (Fsp3) is 0.500. The Balaban J connectivity index is 0.00000220. The number of hydrogen-bond donors (Lipinski definition) is 1. The van der Waals surface area contributed by atoms with Crippen LogP contribution in [0, 0.1) is 17.2 Å². The minimum absolute atomic E-state index is 0. The summed E-state index contributed by atoms with van der Waals surface area (Å²) in [5.41, 5.74) is 7.43. The van der Waals surface area contributed by atoms with Gasteiger partial charge in [0.05, 0.1) is 6.04 Å². The first-order valence-corrected chi connectivity index (χ1v) is 7.19. The van der Waals surface area contributed by atoms with E-state index in [0.29, 0.717) is 5.70 Å². The van der Waals surface area contributed by atoms with Crippen LogP contribution in [0.2, 0.25) is 0 Å². The molecule has 4 nitrogen and oxygen atoms in total. The van der Waals surface area contributed by atoms with Crippen molar-refractivity contribution in [1.82, 2.24) is 4.90 Å². The van der Waals surface area contributed by atoms with E-state index >= 15 is 0 Å². The summed E-state index contributed by atoms with van der Waals surface area (Å²) >= 11 is 0. The Bertz CT molecular complexity index is 510. The zero-order chi connectivity index (χ0) is 14.5. The maximum Gasteiger partial charge on any atom is 0.248 e. The van der Waals surface area contributed by atoms with E-state index < -0.39 is 6.04 Å². The van der Waals surface area contributed by atoms with Crippen LogP contribution in [0.5, 0.6) is 0 Å². The fourth-order valence-corrected chi connectivity index (χ4v) is 2.83. The molecule has 0 aromatic heterocycles. The smallest absolute Gasteiger partial charge is 0.248 e. The third-order valence-corrected chi connectivity index (χ3v) is 4.01. The van der Waals surface area contributed by atoms with Crippen molar-refractivity contribution < 1.29 is 4.79 Å². The number of carbonyl (C=O) groups is 1. The second-order valence-electron chi connectivity index (χ2n) is 5.53. The topological polar surface area (TPSA) is 70.1 Å². The Morgan fingerprint density at radius 3 is 2.71 bits per heavy atom. The second kappa shape index (κ2) is 8.02. The van der Waals surface area contributed by atoms with E-state index in [4.69, 9.17) is 5.73 Å². The Labute approximate surface area is 132 Å². The molecule has 1 saturated carbocycles. The summed E-state index contributed by atoms with van der Waals surface area (Å²) in [7, 11) is 0. The molecule has 0 radical (unpaired) electrons. The molecule has 1 fully saturated rings. The van der Waals surface area contributed by atoms with Gasteiger partial charge in [-0.2, -0.15) is 5.26 Å². The molecule has 1 amide bonds. The first-order chi connectivity index (χ1) is 9.63. The summed E-state index contributed by atoms with van der Waals surface area (Å²) in [5.74, 6) is 0.0611. The summed E-state index contributed by atoms with van der Waals surface area (Å²) in [6.07, 6.45) is 12.5. The van der Waals surface area contributed by atoms with E-state index in [-0.39, 0.29) is 24.2 Å². The largest absolute Gasteiger partial charge is 0.320 e. The summed E-state index contributed by atoms with van der Waals surface area (Å²) in [4.78, 5) is 14.0. The predicted molar refractivity (Wildman–Crippen MR) is 85.2 cm³/mol. The number of allylic oxidation sites excluding steroid dienone is 5. The highest BCUT2D eigenvalue weighted by Gasteiger charge is 2.30. The molecule has 0 aromatic carbocycles. The van der Waals surface area contributed by atoms with E-state index in [9.17, 15) is 10.1 Å². The molecule has 0 aromatic rings. The van der Waals surface area contributed by atoms with Gasteiger partial charge in [0, 0.05) is 6.20 Å². The molecule has 0 bridgehead atoms. The number of carbonyl (C=O) groups excluding carboxylic acids is 1. The van der Waals surface area contributed by atoms with Gasteiger partial charge in [-0.05, 0) is 43.4 Å². The molecule has 0 saturated heterocycles. The number of amides is 1. The zero-order valence-electron chi connectivity index (χ0n) is 12.3. The van der Waals surface area contributed by atoms with Crippen molar-refractivity contribution in [3.05, 3.63) is 35.7 Å². The average Bonchev–Trinajstić information content (AvgIpc) is 2.67. The van der Waals surface area contributed by atoms with Gasteiger partial charge in [0.2, 0.25) is 5.91 Å². The van der Waals surface area contributed by atoms with Gasteiger partial charge in [-0.1, -0.05) is 25.3 Å². The number of hydrogen-bond acceptors (Lipinski definition) is 3. The zero-order valence-corrected chi connectivity index (χ0v) is 13.1. The number of rotatable bonds is 2. The van der Waals surface area contributed by atoms with E-state index in [1.807, 2.05) is 13.0 Å². The third kappa shape index (κ3) is 4.20. The summed E-state index contributed by atoms with van der Waals surface area (Å²) < 4.78 is 0. The lowest BCUT2D eigenvalue weighted by molar-refractivity contribution is -0.129. The highest BCUT2D eigenvalue weighted by molar-refractivity contribution is 5.86. The van der Waals surface area contributed by atoms with Crippen LogP contribution in [0.3, 0.4) is 0 Å². The Morgan fingerprint density at radius 1 is 1.43 bits per heavy atom. The molecule has 114 valence electrons. The lowest BCUT2D eigenvalue weighted by atomic mass is 9.83. The molecule has 0 spiro atoms. The van der Waals surface area contributed by atoms with Gasteiger partial charge in [-0.3, -0.25) is 9.69 Å². The van der Waals surface area contributed by atoms with Crippen molar-refractivity contribution >= 4 is 18.3 Å². The third-order valence-electron chi connectivity index (χ3n) is 4.01. The molecule has 1 heterocycles. The summed E-state index contributed by atoms with van der Waals surface area (Å²) in [6.45, 7) is 1.90. The molecule has 1 unspecified atom stereocenters. The van der Waals surface area contributed by atoms with E-state index in [2.05, 4.69) is 6.07 Å². The van der Waals surface area contributed by atoms with Crippen molar-refractivity contribution in [2.75, 3.05) is 0 Å². The quantitative estimate of drug-likeness (QED) is 0.852. The van der Waals surface area contributed by atoms with E-state index in [0.717, 1.165) is 31.3 Å². The van der Waals surface area contributed by atoms with Gasteiger partial charge >= 0.3 is 0 Å². The lowest BCUT2D eigenvalue weighted by Crippen LogP contribution is -2.46. The molecule has 5 heteroatoms. The van der Waals surface area contributed by atoms with Crippen LogP contribution < -0.4 is 5.73 Å². The van der Waals surface area contributed by atoms with Crippen LogP contribution in [0.1, 0.15) is 39.0 Å². The lowest BCUT2D eigenvalue weighted by Gasteiger charge is -2.29. The van der Waals surface area contributed by atoms with E-state index in [1.54, 1.807) is 18.4 Å². The van der Waals surface area contributed by atoms with Crippen LogP contribution in [0.25, 0.3) is 0 Å². The monoisotopic (exact) mass is 307 g/mol. The maximum absolute atomic E-state index is 12.6. The molecule has 2 rings (SSSR count). The molecule has 2 N–H and O–H groups in total. The van der Waals surface area contributed by atoms with Crippen LogP contribution in [0.15, 0.2) is 35.7 Å². The molecular weight excluding hydrogens is 286 g/mol. The summed E-state index contributed by atoms with van der Waals surface area (Å²) in [5, 5.41) is 9.23. The van der Waals surface area contributed by atoms with Crippen LogP contribution in [-0.4, -0.2) is 16.8 Å². The summed E-state index contributed by atoms with van der Waals surface area (Å²) in [6, 6.07) is 1.56. The predicted octanol–water partition coefficient (Wildman–Crippen LogP) is 3.03. The first-order valence-electron chi connectivity index (χ1n) is 7.19. The molecule has 1 atom stereocenters. The average molecular weight is 308 g/mol. The van der Waals surface area contributed by atoms with Crippen LogP contribution in [0.4, 0.5) is 0 Å². The Hall–Kier alpha value is -1.57. The molecule has 2 aliphatic rings. The SMILES string of the molecule is CC1=CC=CN(C(=O)C(N)C2CCCCC2)C(C#N)=C1.Cl. The number of nitriles is 1. The molecule has 21 heavy (non-hydrogen) atoms. The Kier molecular flexibility index (Phi) is 6.67. The van der Waals surface area contributed by atoms with Gasteiger partial charge in [-0.15, -0.1) is 12.4 Å². The van der Waals surface area contributed by atoms with Crippen molar-refractivity contribution in [2.45, 2.75) is 45.1 Å². The van der Waals surface area contributed by atoms with Gasteiger partial charge < -0.3 is 5.73 Å². The molecule has 1 aliphatic carbocycles. The van der Waals surface area contributed by atoms with Crippen molar-refractivity contribution in [1.29, 1.82) is 5.26 Å². The maximum atomic E-state index is 12.6. The van der Waals surface area contributed by atoms with Gasteiger partial charge in [0.1, 0.15) is 11.8 Å². The van der Waals surface area contributed by atoms with Gasteiger partial charge in [0.15, 0.2) is 0 Å². The van der Waals surface area contributed by atoms with Gasteiger partial charge in [0.25, 0.3) is 0 Å². The number of nitrogens with two attached hydrogens (primary N) is 1. The van der Waals surface area contributed by atoms with E-state index in [1.165, 1.54) is 11.3 Å². The van der Waals surface area contributed by atoms with Crippen LogP contribution >= 0.6 is 12.4 Å². The molecule has 1 aliphatic heterocycles. The highest BCUT2D eigenvalue weighted by Crippen LogP contribution is 2.27. The molecular formula is C16H22ClN3O. The highest BCUT2D eigenvalue weighted by atomic mass is 35.5. The van der Waals surface area contributed by atoms with Crippen molar-refractivity contribution in [3.8, 4) is 6.07 Å². The second-order valence-corrected chi connectivity index (χ2v) is 5.53.